The Balaban J connectivity index is 1.38. The SMILES string of the molecule is COc1ccc(CN2C(=O)CC(c3ncc(C)o3)=Cc3ccc(-c4cnn(C5(CC#N)CN(S(C)(=O)=O)C5)c4)cc32)cc1. The quantitative estimate of drug-likeness (QED) is 0.294. The van der Waals surface area contributed by atoms with Gasteiger partial charge in [-0.1, -0.05) is 24.3 Å². The van der Waals surface area contributed by atoms with E-state index in [-0.39, 0.29) is 31.8 Å². The van der Waals surface area contributed by atoms with Crippen molar-refractivity contribution < 1.29 is 22.4 Å². The fourth-order valence-corrected chi connectivity index (χ4v) is 6.45. The number of amides is 1. The fraction of sp³-hybridized carbons (Fsp3) is 0.290. The highest BCUT2D eigenvalue weighted by molar-refractivity contribution is 7.88. The van der Waals surface area contributed by atoms with E-state index < -0.39 is 15.6 Å². The van der Waals surface area contributed by atoms with Crippen molar-refractivity contribution >= 4 is 33.3 Å². The van der Waals surface area contributed by atoms with Gasteiger partial charge in [-0.05, 0) is 47.9 Å². The van der Waals surface area contributed by atoms with Crippen LogP contribution in [-0.2, 0) is 26.9 Å². The molecule has 6 rings (SSSR count). The molecule has 0 spiro atoms. The Labute approximate surface area is 249 Å². The van der Waals surface area contributed by atoms with Gasteiger partial charge in [0.25, 0.3) is 0 Å². The van der Waals surface area contributed by atoms with Gasteiger partial charge in [-0.2, -0.15) is 14.7 Å². The summed E-state index contributed by atoms with van der Waals surface area (Å²) < 4.78 is 38.2. The first-order valence-electron chi connectivity index (χ1n) is 13.7. The summed E-state index contributed by atoms with van der Waals surface area (Å²) in [4.78, 5) is 19.9. The van der Waals surface area contributed by atoms with E-state index in [0.29, 0.717) is 23.8 Å². The summed E-state index contributed by atoms with van der Waals surface area (Å²) in [6, 6.07) is 15.7. The van der Waals surface area contributed by atoms with Gasteiger partial charge in [0.05, 0.1) is 56.9 Å². The maximum atomic E-state index is 13.8. The molecule has 0 unspecified atom stereocenters. The highest BCUT2D eigenvalue weighted by Gasteiger charge is 2.49. The number of carbonyl (C=O) groups excluding carboxylic acids is 1. The molecule has 1 saturated heterocycles. The summed E-state index contributed by atoms with van der Waals surface area (Å²) >= 11 is 0. The number of hydrogen-bond donors (Lipinski definition) is 0. The number of sulfonamides is 1. The lowest BCUT2D eigenvalue weighted by Gasteiger charge is -2.47. The molecular weight excluding hydrogens is 568 g/mol. The summed E-state index contributed by atoms with van der Waals surface area (Å²) in [5, 5.41) is 14.0. The third-order valence-corrected chi connectivity index (χ3v) is 9.11. The van der Waals surface area contributed by atoms with Crippen LogP contribution in [0.2, 0.25) is 0 Å². The van der Waals surface area contributed by atoms with Crippen LogP contribution in [0.15, 0.2) is 65.5 Å². The van der Waals surface area contributed by atoms with Crippen LogP contribution in [-0.4, -0.2) is 59.8 Å². The second-order valence-electron chi connectivity index (χ2n) is 11.0. The molecule has 0 atom stereocenters. The number of hydrogen-bond acceptors (Lipinski definition) is 8. The monoisotopic (exact) mass is 598 g/mol. The smallest absolute Gasteiger partial charge is 0.231 e. The molecule has 43 heavy (non-hydrogen) atoms. The molecule has 4 heterocycles. The molecule has 12 heteroatoms. The number of benzene rings is 2. The molecule has 2 aliphatic rings. The first-order chi connectivity index (χ1) is 20.6. The molecule has 220 valence electrons. The number of aromatic nitrogens is 3. The maximum absolute atomic E-state index is 13.8. The van der Waals surface area contributed by atoms with Gasteiger partial charge in [-0.3, -0.25) is 9.48 Å². The Kier molecular flexibility index (Phi) is 7.15. The predicted molar refractivity (Wildman–Crippen MR) is 160 cm³/mol. The van der Waals surface area contributed by atoms with Gasteiger partial charge in [0.15, 0.2) is 0 Å². The second kappa shape index (κ2) is 10.8. The summed E-state index contributed by atoms with van der Waals surface area (Å²) in [7, 11) is -1.75. The number of oxazole rings is 1. The zero-order valence-corrected chi connectivity index (χ0v) is 24.8. The van der Waals surface area contributed by atoms with Crippen molar-refractivity contribution in [3.05, 3.63) is 83.8 Å². The largest absolute Gasteiger partial charge is 0.497 e. The normalized spacial score (nSPS) is 16.6. The van der Waals surface area contributed by atoms with E-state index in [0.717, 1.165) is 39.9 Å². The molecule has 0 aliphatic carbocycles. The Morgan fingerprint density at radius 3 is 2.53 bits per heavy atom. The van der Waals surface area contributed by atoms with E-state index in [4.69, 9.17) is 9.15 Å². The molecule has 2 aromatic heterocycles. The average molecular weight is 599 g/mol. The van der Waals surface area contributed by atoms with Crippen LogP contribution < -0.4 is 9.64 Å². The van der Waals surface area contributed by atoms with E-state index in [1.165, 1.54) is 4.31 Å². The topological polar surface area (TPSA) is 135 Å². The van der Waals surface area contributed by atoms with Crippen molar-refractivity contribution in [1.29, 1.82) is 5.26 Å². The van der Waals surface area contributed by atoms with Gasteiger partial charge in [-0.25, -0.2) is 13.4 Å². The van der Waals surface area contributed by atoms with Crippen LogP contribution in [0, 0.1) is 18.3 Å². The van der Waals surface area contributed by atoms with Crippen molar-refractivity contribution in [3.63, 3.8) is 0 Å². The molecule has 0 N–H and O–H groups in total. The molecule has 2 aromatic carbocycles. The molecule has 2 aliphatic heterocycles. The molecule has 1 amide bonds. The number of nitrogens with zero attached hydrogens (tertiary/aromatic N) is 6. The van der Waals surface area contributed by atoms with E-state index in [1.807, 2.05) is 61.7 Å². The van der Waals surface area contributed by atoms with Crippen molar-refractivity contribution in [3.8, 4) is 22.9 Å². The molecule has 11 nitrogen and oxygen atoms in total. The van der Waals surface area contributed by atoms with Crippen molar-refractivity contribution in [2.45, 2.75) is 31.8 Å². The number of anilines is 1. The molecular formula is C31H30N6O5S. The van der Waals surface area contributed by atoms with Gasteiger partial charge < -0.3 is 14.1 Å². The first-order valence-corrected chi connectivity index (χ1v) is 15.5. The average Bonchev–Trinajstić information content (AvgIpc) is 3.60. The number of nitriles is 1. The maximum Gasteiger partial charge on any atom is 0.231 e. The van der Waals surface area contributed by atoms with Crippen molar-refractivity contribution in [1.82, 2.24) is 19.1 Å². The number of aryl methyl sites for hydroxylation is 1. The van der Waals surface area contributed by atoms with Gasteiger partial charge in [0, 0.05) is 30.4 Å². The van der Waals surface area contributed by atoms with Gasteiger partial charge in [-0.15, -0.1) is 0 Å². The molecule has 0 bridgehead atoms. The second-order valence-corrected chi connectivity index (χ2v) is 13.0. The first kappa shape index (κ1) is 28.4. The number of methoxy groups -OCH3 is 1. The number of carbonyl (C=O) groups is 1. The third-order valence-electron chi connectivity index (χ3n) is 7.91. The van der Waals surface area contributed by atoms with E-state index in [2.05, 4.69) is 16.2 Å². The van der Waals surface area contributed by atoms with Crippen molar-refractivity contribution in [2.75, 3.05) is 31.4 Å². The lowest BCUT2D eigenvalue weighted by atomic mass is 9.89. The van der Waals surface area contributed by atoms with E-state index in [1.54, 1.807) is 29.1 Å². The van der Waals surface area contributed by atoms with Gasteiger partial charge in [0.2, 0.25) is 21.8 Å². The lowest BCUT2D eigenvalue weighted by molar-refractivity contribution is -0.117. The zero-order chi connectivity index (χ0) is 30.4. The Morgan fingerprint density at radius 1 is 1.12 bits per heavy atom. The van der Waals surface area contributed by atoms with Crippen LogP contribution in [0.3, 0.4) is 0 Å². The minimum Gasteiger partial charge on any atom is -0.497 e. The van der Waals surface area contributed by atoms with Crippen LogP contribution in [0.5, 0.6) is 5.75 Å². The molecule has 4 aromatic rings. The minimum atomic E-state index is -3.37. The Morgan fingerprint density at radius 2 is 1.88 bits per heavy atom. The molecule has 0 saturated carbocycles. The summed E-state index contributed by atoms with van der Waals surface area (Å²) in [5.41, 5.74) is 4.07. The molecule has 0 radical (unpaired) electrons. The number of fused-ring (bicyclic) bond motifs is 1. The van der Waals surface area contributed by atoms with E-state index in [9.17, 15) is 18.5 Å². The number of rotatable bonds is 8. The summed E-state index contributed by atoms with van der Waals surface area (Å²) in [6.07, 6.45) is 8.52. The van der Waals surface area contributed by atoms with Crippen LogP contribution in [0.4, 0.5) is 5.69 Å². The number of ether oxygens (including phenoxy) is 1. The highest BCUT2D eigenvalue weighted by Crippen LogP contribution is 2.38. The Hall–Kier alpha value is -4.73. The third kappa shape index (κ3) is 5.45. The van der Waals surface area contributed by atoms with Crippen LogP contribution in [0.1, 0.15) is 35.6 Å². The predicted octanol–water partition coefficient (Wildman–Crippen LogP) is 4.22. The van der Waals surface area contributed by atoms with Crippen LogP contribution in [0.25, 0.3) is 22.8 Å². The lowest BCUT2D eigenvalue weighted by Crippen LogP contribution is -2.63. The van der Waals surface area contributed by atoms with E-state index >= 15 is 0 Å². The zero-order valence-electron chi connectivity index (χ0n) is 24.0. The van der Waals surface area contributed by atoms with Crippen LogP contribution >= 0.6 is 0 Å². The minimum absolute atomic E-state index is 0.104. The van der Waals surface area contributed by atoms with Gasteiger partial charge in [0.1, 0.15) is 17.0 Å². The summed E-state index contributed by atoms with van der Waals surface area (Å²) in [6.45, 7) is 2.53. The van der Waals surface area contributed by atoms with Crippen molar-refractivity contribution in [2.24, 2.45) is 0 Å². The highest BCUT2D eigenvalue weighted by atomic mass is 32.2. The standard InChI is InChI=1S/C31H30N6O5S/c1-21-15-33-30(42-21)25-12-24-7-6-23(13-28(24)36(29(38)14-25)17-22-4-8-27(41-2)9-5-22)26-16-34-37(18-26)31(10-11-32)19-35(20-31)43(3,39)40/h4-9,12-13,15-16,18H,10,14,17,19-20H2,1-3H3. The Bertz CT molecular complexity index is 1880. The summed E-state index contributed by atoms with van der Waals surface area (Å²) in [5.74, 6) is 1.71. The fourth-order valence-electron chi connectivity index (χ4n) is 5.50. The van der Waals surface area contributed by atoms with Gasteiger partial charge >= 0.3 is 0 Å². The molecule has 1 fully saturated rings.